The maximum atomic E-state index is 12.6. The van der Waals surface area contributed by atoms with Gasteiger partial charge < -0.3 is 14.7 Å². The first-order chi connectivity index (χ1) is 9.84. The van der Waals surface area contributed by atoms with Crippen molar-refractivity contribution in [3.63, 3.8) is 0 Å². The predicted octanol–water partition coefficient (Wildman–Crippen LogP) is 0.704. The van der Waals surface area contributed by atoms with Gasteiger partial charge in [0.15, 0.2) is 0 Å². The summed E-state index contributed by atoms with van der Waals surface area (Å²) < 4.78 is 37.7. The van der Waals surface area contributed by atoms with Crippen LogP contribution in [0.4, 0.5) is 13.2 Å². The molecular formula is C13H20F3N3O2. The van der Waals surface area contributed by atoms with Crippen LogP contribution in [0.15, 0.2) is 0 Å². The lowest BCUT2D eigenvalue weighted by Crippen LogP contribution is -2.55. The van der Waals surface area contributed by atoms with Crippen LogP contribution >= 0.6 is 0 Å². The van der Waals surface area contributed by atoms with Gasteiger partial charge in [0.05, 0.1) is 0 Å². The first-order valence-electron chi connectivity index (χ1n) is 7.23. The monoisotopic (exact) mass is 307 g/mol. The fraction of sp³-hybridized carbons (Fsp3) is 0.846. The van der Waals surface area contributed by atoms with Gasteiger partial charge >= 0.3 is 12.1 Å². The van der Waals surface area contributed by atoms with E-state index >= 15 is 0 Å². The summed E-state index contributed by atoms with van der Waals surface area (Å²) in [5.41, 5.74) is 0. The number of rotatable bonds is 2. The molecule has 0 aromatic heterocycles. The maximum Gasteiger partial charge on any atom is 0.471 e. The number of amides is 2. The third-order valence-corrected chi connectivity index (χ3v) is 4.17. The molecule has 8 heteroatoms. The number of nitrogens with zero attached hydrogens (tertiary/aromatic N) is 3. The molecule has 0 spiro atoms. The molecule has 1 atom stereocenters. The number of likely N-dealkylation sites (tertiary alicyclic amines) is 1. The Kier molecular flexibility index (Phi) is 4.75. The van der Waals surface area contributed by atoms with Crippen molar-refractivity contribution in [1.29, 1.82) is 0 Å². The topological polar surface area (TPSA) is 43.9 Å². The molecule has 2 fully saturated rings. The Balaban J connectivity index is 2.00. The zero-order valence-corrected chi connectivity index (χ0v) is 12.0. The number of carbonyl (C=O) groups excluding carboxylic acids is 2. The highest BCUT2D eigenvalue weighted by molar-refractivity contribution is 5.90. The van der Waals surface area contributed by atoms with Crippen molar-refractivity contribution in [3.8, 4) is 0 Å². The number of likely N-dealkylation sites (N-methyl/N-ethyl adjacent to an activating group) is 1. The van der Waals surface area contributed by atoms with E-state index in [2.05, 4.69) is 4.90 Å². The summed E-state index contributed by atoms with van der Waals surface area (Å²) in [7, 11) is 0. The average molecular weight is 307 g/mol. The van der Waals surface area contributed by atoms with Crippen LogP contribution in [0, 0.1) is 0 Å². The van der Waals surface area contributed by atoms with Gasteiger partial charge in [-0.3, -0.25) is 9.59 Å². The standard InChI is InChI=1S/C13H20F3N3O2/c1-2-17-6-8-18(9-7-17)11(20)10-4-3-5-19(10)12(21)13(14,15)16/h10H,2-9H2,1H3. The Morgan fingerprint density at radius 1 is 1.10 bits per heavy atom. The Bertz CT molecular complexity index is 406. The SMILES string of the molecule is CCN1CCN(C(=O)C2CCCN2C(=O)C(F)(F)F)CC1. The molecular weight excluding hydrogens is 287 g/mol. The van der Waals surface area contributed by atoms with Crippen molar-refractivity contribution in [1.82, 2.24) is 14.7 Å². The molecule has 0 saturated carbocycles. The van der Waals surface area contributed by atoms with E-state index in [-0.39, 0.29) is 12.5 Å². The molecule has 0 aromatic rings. The number of carbonyl (C=O) groups is 2. The molecule has 2 saturated heterocycles. The minimum Gasteiger partial charge on any atom is -0.338 e. The van der Waals surface area contributed by atoms with Crippen molar-refractivity contribution in [2.45, 2.75) is 32.0 Å². The Morgan fingerprint density at radius 2 is 1.71 bits per heavy atom. The quantitative estimate of drug-likeness (QED) is 0.754. The van der Waals surface area contributed by atoms with Gasteiger partial charge in [0.1, 0.15) is 6.04 Å². The fourth-order valence-electron chi connectivity index (χ4n) is 2.92. The van der Waals surface area contributed by atoms with E-state index in [1.54, 1.807) is 4.90 Å². The third kappa shape index (κ3) is 3.48. The van der Waals surface area contributed by atoms with E-state index in [9.17, 15) is 22.8 Å². The molecule has 2 heterocycles. The smallest absolute Gasteiger partial charge is 0.338 e. The van der Waals surface area contributed by atoms with Gasteiger partial charge in [-0.05, 0) is 19.4 Å². The van der Waals surface area contributed by atoms with Crippen molar-refractivity contribution < 1.29 is 22.8 Å². The lowest BCUT2D eigenvalue weighted by Gasteiger charge is -2.37. The largest absolute Gasteiger partial charge is 0.471 e. The Labute approximate surface area is 121 Å². The predicted molar refractivity (Wildman–Crippen MR) is 69.5 cm³/mol. The summed E-state index contributed by atoms with van der Waals surface area (Å²) in [6.07, 6.45) is -4.16. The molecule has 0 aliphatic carbocycles. The molecule has 0 radical (unpaired) electrons. The van der Waals surface area contributed by atoms with Crippen LogP contribution in [0.1, 0.15) is 19.8 Å². The molecule has 1 unspecified atom stereocenters. The van der Waals surface area contributed by atoms with Gasteiger partial charge in [0.2, 0.25) is 5.91 Å². The summed E-state index contributed by atoms with van der Waals surface area (Å²) >= 11 is 0. The number of halogens is 3. The van der Waals surface area contributed by atoms with Gasteiger partial charge in [-0.25, -0.2) is 0 Å². The molecule has 0 aromatic carbocycles. The van der Waals surface area contributed by atoms with Crippen LogP contribution in [-0.4, -0.2) is 78.0 Å². The normalized spacial score (nSPS) is 24.5. The second-order valence-electron chi connectivity index (χ2n) is 5.41. The van der Waals surface area contributed by atoms with Gasteiger partial charge in [0, 0.05) is 32.7 Å². The number of hydrogen-bond donors (Lipinski definition) is 0. The molecule has 21 heavy (non-hydrogen) atoms. The zero-order chi connectivity index (χ0) is 15.6. The van der Waals surface area contributed by atoms with Crippen LogP contribution in [0.25, 0.3) is 0 Å². The molecule has 0 bridgehead atoms. The van der Waals surface area contributed by atoms with Crippen LogP contribution in [0.3, 0.4) is 0 Å². The third-order valence-electron chi connectivity index (χ3n) is 4.17. The minimum absolute atomic E-state index is 0.00365. The molecule has 2 amide bonds. The summed E-state index contributed by atoms with van der Waals surface area (Å²) in [6, 6.07) is -0.952. The highest BCUT2D eigenvalue weighted by atomic mass is 19.4. The maximum absolute atomic E-state index is 12.6. The average Bonchev–Trinajstić information content (AvgIpc) is 2.94. The number of alkyl halides is 3. The van der Waals surface area contributed by atoms with E-state index in [4.69, 9.17) is 0 Å². The van der Waals surface area contributed by atoms with E-state index < -0.39 is 18.1 Å². The van der Waals surface area contributed by atoms with E-state index in [0.717, 1.165) is 19.6 Å². The molecule has 0 N–H and O–H groups in total. The fourth-order valence-corrected chi connectivity index (χ4v) is 2.92. The minimum atomic E-state index is -4.91. The summed E-state index contributed by atoms with van der Waals surface area (Å²) in [4.78, 5) is 28.2. The van der Waals surface area contributed by atoms with Crippen LogP contribution in [0.2, 0.25) is 0 Å². The van der Waals surface area contributed by atoms with Gasteiger partial charge in [-0.2, -0.15) is 13.2 Å². The van der Waals surface area contributed by atoms with Crippen molar-refractivity contribution in [3.05, 3.63) is 0 Å². The van der Waals surface area contributed by atoms with Crippen LogP contribution in [0.5, 0.6) is 0 Å². The van der Waals surface area contributed by atoms with Crippen LogP contribution in [-0.2, 0) is 9.59 Å². The Morgan fingerprint density at radius 3 is 2.24 bits per heavy atom. The van der Waals surface area contributed by atoms with E-state index in [0.29, 0.717) is 30.8 Å². The molecule has 2 aliphatic heterocycles. The van der Waals surface area contributed by atoms with E-state index in [1.807, 2.05) is 6.92 Å². The summed E-state index contributed by atoms with van der Waals surface area (Å²) in [5, 5.41) is 0. The number of hydrogen-bond acceptors (Lipinski definition) is 3. The molecule has 2 aliphatic rings. The second kappa shape index (κ2) is 6.21. The molecule has 2 rings (SSSR count). The Hall–Kier alpha value is -1.31. The van der Waals surface area contributed by atoms with Gasteiger partial charge in [0.25, 0.3) is 0 Å². The first-order valence-corrected chi connectivity index (χ1v) is 7.23. The summed E-state index contributed by atoms with van der Waals surface area (Å²) in [5.74, 6) is -2.24. The molecule has 5 nitrogen and oxygen atoms in total. The lowest BCUT2D eigenvalue weighted by molar-refractivity contribution is -0.187. The van der Waals surface area contributed by atoms with Crippen molar-refractivity contribution >= 4 is 11.8 Å². The first kappa shape index (κ1) is 16.1. The summed E-state index contributed by atoms with van der Waals surface area (Å²) in [6.45, 7) is 5.39. The highest BCUT2D eigenvalue weighted by Gasteiger charge is 2.48. The van der Waals surface area contributed by atoms with Gasteiger partial charge in [-0.1, -0.05) is 6.92 Å². The van der Waals surface area contributed by atoms with Crippen molar-refractivity contribution in [2.75, 3.05) is 39.3 Å². The van der Waals surface area contributed by atoms with E-state index in [1.165, 1.54) is 0 Å². The van der Waals surface area contributed by atoms with Gasteiger partial charge in [-0.15, -0.1) is 0 Å². The molecule has 120 valence electrons. The second-order valence-corrected chi connectivity index (χ2v) is 5.41. The zero-order valence-electron chi connectivity index (χ0n) is 12.0. The highest BCUT2D eigenvalue weighted by Crippen LogP contribution is 2.26. The lowest BCUT2D eigenvalue weighted by atomic mass is 10.1. The van der Waals surface area contributed by atoms with Crippen molar-refractivity contribution in [2.24, 2.45) is 0 Å². The number of piperazine rings is 1. The van der Waals surface area contributed by atoms with Crippen LogP contribution < -0.4 is 0 Å².